The number of nitrogens with one attached hydrogen (secondary N) is 1. The van der Waals surface area contributed by atoms with Crippen LogP contribution in [0.4, 0.5) is 0 Å². The minimum Gasteiger partial charge on any atom is -0.298 e. The van der Waals surface area contributed by atoms with Gasteiger partial charge in [0.2, 0.25) is 0 Å². The Morgan fingerprint density at radius 2 is 2.16 bits per heavy atom. The molecule has 0 bridgehead atoms. The zero-order valence-electron chi connectivity index (χ0n) is 9.71. The van der Waals surface area contributed by atoms with Crippen molar-refractivity contribution in [3.05, 3.63) is 49.5 Å². The SMILES string of the molecule is Cn1[nH]c(=O)c(=O)nc1Sc1ccc(C=O)c(Cl)c1. The first-order valence-electron chi connectivity index (χ1n) is 5.11. The van der Waals surface area contributed by atoms with E-state index in [1.807, 2.05) is 0 Å². The first-order chi connectivity index (χ1) is 9.01. The van der Waals surface area contributed by atoms with Crippen LogP contribution in [0.5, 0.6) is 0 Å². The molecule has 0 spiro atoms. The largest absolute Gasteiger partial charge is 0.339 e. The second-order valence-corrected chi connectivity index (χ2v) is 5.05. The molecule has 0 radical (unpaired) electrons. The molecule has 98 valence electrons. The van der Waals surface area contributed by atoms with Crippen LogP contribution < -0.4 is 11.1 Å². The highest BCUT2D eigenvalue weighted by atomic mass is 35.5. The topological polar surface area (TPSA) is 84.8 Å². The maximum Gasteiger partial charge on any atom is 0.339 e. The number of rotatable bonds is 3. The Balaban J connectivity index is 2.39. The van der Waals surface area contributed by atoms with Gasteiger partial charge in [-0.05, 0) is 18.2 Å². The summed E-state index contributed by atoms with van der Waals surface area (Å²) in [4.78, 5) is 37.3. The molecule has 2 rings (SSSR count). The molecule has 1 heterocycles. The van der Waals surface area contributed by atoms with Crippen molar-refractivity contribution in [3.63, 3.8) is 0 Å². The van der Waals surface area contributed by atoms with Crippen LogP contribution in [-0.2, 0) is 7.05 Å². The predicted molar refractivity (Wildman–Crippen MR) is 71.1 cm³/mol. The molecule has 0 aliphatic carbocycles. The molecule has 19 heavy (non-hydrogen) atoms. The van der Waals surface area contributed by atoms with Crippen molar-refractivity contribution in [2.75, 3.05) is 0 Å². The second-order valence-electron chi connectivity index (χ2n) is 3.60. The number of nitrogens with zero attached hydrogens (tertiary/aromatic N) is 2. The average molecular weight is 298 g/mol. The molecule has 0 atom stereocenters. The number of aldehydes is 1. The van der Waals surface area contributed by atoms with E-state index in [2.05, 4.69) is 10.1 Å². The van der Waals surface area contributed by atoms with Gasteiger partial charge in [0.1, 0.15) is 0 Å². The van der Waals surface area contributed by atoms with Crippen molar-refractivity contribution >= 4 is 29.6 Å². The van der Waals surface area contributed by atoms with E-state index >= 15 is 0 Å². The number of hydrogen-bond acceptors (Lipinski definition) is 5. The Hall–Kier alpha value is -1.86. The van der Waals surface area contributed by atoms with E-state index in [-0.39, 0.29) is 0 Å². The molecule has 2 aromatic rings. The van der Waals surface area contributed by atoms with E-state index < -0.39 is 11.1 Å². The highest BCUT2D eigenvalue weighted by molar-refractivity contribution is 7.99. The summed E-state index contributed by atoms with van der Waals surface area (Å²) in [5.41, 5.74) is -1.24. The molecule has 0 amide bonds. The molecule has 6 nitrogen and oxygen atoms in total. The number of carbonyl (C=O) groups is 1. The van der Waals surface area contributed by atoms with E-state index in [1.54, 1.807) is 25.2 Å². The van der Waals surface area contributed by atoms with Gasteiger partial charge >= 0.3 is 11.1 Å². The Bertz CT molecular complexity index is 754. The molecule has 1 aromatic carbocycles. The van der Waals surface area contributed by atoms with Crippen molar-refractivity contribution in [1.82, 2.24) is 14.8 Å². The van der Waals surface area contributed by atoms with Crippen LogP contribution >= 0.6 is 23.4 Å². The summed E-state index contributed by atoms with van der Waals surface area (Å²) in [6, 6.07) is 4.84. The standard InChI is InChI=1S/C11H8ClN3O3S/c1-15-11(13-9(17)10(18)14-15)19-7-3-2-6(5-16)8(12)4-7/h2-5H,1H3,(H,14,18). The van der Waals surface area contributed by atoms with Gasteiger partial charge in [-0.25, -0.2) is 0 Å². The zero-order valence-corrected chi connectivity index (χ0v) is 11.3. The fourth-order valence-electron chi connectivity index (χ4n) is 1.32. The van der Waals surface area contributed by atoms with Gasteiger partial charge in [-0.1, -0.05) is 23.4 Å². The van der Waals surface area contributed by atoms with Gasteiger partial charge in [-0.15, -0.1) is 0 Å². The lowest BCUT2D eigenvalue weighted by Crippen LogP contribution is -2.33. The lowest BCUT2D eigenvalue weighted by molar-refractivity contribution is 0.112. The number of halogens is 1. The quantitative estimate of drug-likeness (QED) is 0.677. The van der Waals surface area contributed by atoms with Gasteiger partial charge in [0.05, 0.1) is 5.02 Å². The van der Waals surface area contributed by atoms with E-state index in [1.165, 1.54) is 4.68 Å². The van der Waals surface area contributed by atoms with Crippen LogP contribution in [0, 0.1) is 0 Å². The minimum absolute atomic E-state index is 0.314. The molecule has 1 aromatic heterocycles. The summed E-state index contributed by atoms with van der Waals surface area (Å²) in [6.45, 7) is 0. The lowest BCUT2D eigenvalue weighted by Gasteiger charge is -2.06. The number of carbonyl (C=O) groups excluding carboxylic acids is 1. The normalized spacial score (nSPS) is 10.4. The van der Waals surface area contributed by atoms with Crippen LogP contribution in [0.3, 0.4) is 0 Å². The van der Waals surface area contributed by atoms with Crippen molar-refractivity contribution in [2.24, 2.45) is 7.05 Å². The van der Waals surface area contributed by atoms with Gasteiger partial charge in [0.25, 0.3) is 0 Å². The van der Waals surface area contributed by atoms with Gasteiger partial charge < -0.3 is 0 Å². The molecule has 1 N–H and O–H groups in total. The second kappa shape index (κ2) is 5.41. The van der Waals surface area contributed by atoms with Crippen molar-refractivity contribution in [3.8, 4) is 0 Å². The summed E-state index contributed by atoms with van der Waals surface area (Å²) in [6.07, 6.45) is 0.658. The zero-order chi connectivity index (χ0) is 14.0. The monoisotopic (exact) mass is 297 g/mol. The van der Waals surface area contributed by atoms with Crippen LogP contribution in [0.1, 0.15) is 10.4 Å². The van der Waals surface area contributed by atoms with Crippen LogP contribution in [-0.4, -0.2) is 21.1 Å². The van der Waals surface area contributed by atoms with E-state index in [0.717, 1.165) is 11.8 Å². The highest BCUT2D eigenvalue weighted by Crippen LogP contribution is 2.28. The number of aromatic amines is 1. The Morgan fingerprint density at radius 3 is 2.79 bits per heavy atom. The first-order valence-corrected chi connectivity index (χ1v) is 6.30. The predicted octanol–water partition coefficient (Wildman–Crippen LogP) is 1.09. The summed E-state index contributed by atoms with van der Waals surface area (Å²) in [5, 5.41) is 2.97. The minimum atomic E-state index is -0.851. The van der Waals surface area contributed by atoms with Crippen molar-refractivity contribution in [2.45, 2.75) is 10.1 Å². The lowest BCUT2D eigenvalue weighted by atomic mass is 10.2. The van der Waals surface area contributed by atoms with Gasteiger partial charge in [0, 0.05) is 17.5 Å². The van der Waals surface area contributed by atoms with Crippen molar-refractivity contribution < 1.29 is 4.79 Å². The smallest absolute Gasteiger partial charge is 0.298 e. The van der Waals surface area contributed by atoms with Crippen LogP contribution in [0.2, 0.25) is 5.02 Å². The maximum atomic E-state index is 11.2. The van der Waals surface area contributed by atoms with Gasteiger partial charge in [0.15, 0.2) is 11.4 Å². The Kier molecular flexibility index (Phi) is 3.87. The number of aryl methyl sites for hydroxylation is 1. The summed E-state index contributed by atoms with van der Waals surface area (Å²) >= 11 is 7.05. The van der Waals surface area contributed by atoms with E-state index in [0.29, 0.717) is 26.9 Å². The molecule has 0 aliphatic rings. The summed E-state index contributed by atoms with van der Waals surface area (Å²) in [5.74, 6) is 0. The number of H-pyrrole nitrogens is 1. The Morgan fingerprint density at radius 1 is 1.42 bits per heavy atom. The van der Waals surface area contributed by atoms with Gasteiger partial charge in [-0.2, -0.15) is 4.98 Å². The number of benzene rings is 1. The third kappa shape index (κ3) is 2.94. The Labute approximate surface area is 116 Å². The van der Waals surface area contributed by atoms with Crippen molar-refractivity contribution in [1.29, 1.82) is 0 Å². The molecule has 0 unspecified atom stereocenters. The number of aromatic nitrogens is 3. The molecule has 0 aliphatic heterocycles. The fourth-order valence-corrected chi connectivity index (χ4v) is 2.45. The van der Waals surface area contributed by atoms with Crippen LogP contribution in [0.15, 0.2) is 37.8 Å². The number of hydrogen-bond donors (Lipinski definition) is 1. The average Bonchev–Trinajstić information content (AvgIpc) is 2.36. The molecule has 0 fully saturated rings. The maximum absolute atomic E-state index is 11.2. The molecule has 0 saturated heterocycles. The third-order valence-electron chi connectivity index (χ3n) is 2.26. The van der Waals surface area contributed by atoms with E-state index in [9.17, 15) is 14.4 Å². The third-order valence-corrected chi connectivity index (χ3v) is 3.62. The van der Waals surface area contributed by atoms with E-state index in [4.69, 9.17) is 11.6 Å². The fraction of sp³-hybridized carbons (Fsp3) is 0.0909. The summed E-state index contributed by atoms with van der Waals surface area (Å²) < 4.78 is 1.34. The van der Waals surface area contributed by atoms with Gasteiger partial charge in [-0.3, -0.25) is 24.2 Å². The molecule has 0 saturated carbocycles. The first kappa shape index (κ1) is 13.6. The molecular formula is C11H8ClN3O3S. The molecular weight excluding hydrogens is 290 g/mol. The summed E-state index contributed by atoms with van der Waals surface area (Å²) in [7, 11) is 1.57. The highest BCUT2D eigenvalue weighted by Gasteiger charge is 2.08. The van der Waals surface area contributed by atoms with Crippen LogP contribution in [0.25, 0.3) is 0 Å². The molecule has 8 heteroatoms.